The maximum Gasteiger partial charge on any atom is 0.129 e. The molecule has 0 amide bonds. The van der Waals surface area contributed by atoms with E-state index in [4.69, 9.17) is 4.74 Å². The predicted octanol–water partition coefficient (Wildman–Crippen LogP) is 5.20. The monoisotopic (exact) mass is 323 g/mol. The third kappa shape index (κ3) is 4.09. The lowest BCUT2D eigenvalue weighted by Crippen LogP contribution is -2.21. The van der Waals surface area contributed by atoms with Gasteiger partial charge in [-0.15, -0.1) is 22.7 Å². The summed E-state index contributed by atoms with van der Waals surface area (Å²) in [5, 5.41) is 5.75. The summed E-state index contributed by atoms with van der Waals surface area (Å²) in [6, 6.07) is 6.96. The van der Waals surface area contributed by atoms with E-state index < -0.39 is 0 Å². The molecule has 0 aliphatic carbocycles. The van der Waals surface area contributed by atoms with Crippen LogP contribution in [-0.4, -0.2) is 13.7 Å². The van der Waals surface area contributed by atoms with Gasteiger partial charge in [0.25, 0.3) is 0 Å². The van der Waals surface area contributed by atoms with Gasteiger partial charge in [0.05, 0.1) is 13.2 Å². The van der Waals surface area contributed by atoms with Gasteiger partial charge in [-0.2, -0.15) is 0 Å². The number of methoxy groups -OCH3 is 1. The fraction of sp³-hybridized carbons (Fsp3) is 0.529. The van der Waals surface area contributed by atoms with Gasteiger partial charge in [-0.3, -0.25) is 0 Å². The summed E-state index contributed by atoms with van der Waals surface area (Å²) >= 11 is 3.68. The average Bonchev–Trinajstić information content (AvgIpc) is 3.07. The van der Waals surface area contributed by atoms with E-state index in [0.29, 0.717) is 0 Å². The maximum atomic E-state index is 5.33. The van der Waals surface area contributed by atoms with Crippen LogP contribution in [0.2, 0.25) is 0 Å². The summed E-state index contributed by atoms with van der Waals surface area (Å²) in [6.07, 6.45) is 1.14. The van der Waals surface area contributed by atoms with Gasteiger partial charge in [0.2, 0.25) is 0 Å². The van der Waals surface area contributed by atoms with Gasteiger partial charge in [-0.1, -0.05) is 27.7 Å². The molecular formula is C17H25NOS2. The van der Waals surface area contributed by atoms with Crippen molar-refractivity contribution in [3.63, 3.8) is 0 Å². The molecule has 1 N–H and O–H groups in total. The fourth-order valence-corrected chi connectivity index (χ4v) is 4.32. The van der Waals surface area contributed by atoms with Crippen molar-refractivity contribution in [2.45, 2.75) is 45.6 Å². The van der Waals surface area contributed by atoms with Gasteiger partial charge < -0.3 is 10.1 Å². The van der Waals surface area contributed by atoms with E-state index in [1.54, 1.807) is 18.4 Å². The first kappa shape index (κ1) is 16.5. The molecule has 116 valence electrons. The summed E-state index contributed by atoms with van der Waals surface area (Å²) in [6.45, 7) is 10.0. The van der Waals surface area contributed by atoms with E-state index >= 15 is 0 Å². The molecule has 0 saturated heterocycles. The van der Waals surface area contributed by atoms with E-state index in [0.717, 1.165) is 18.7 Å². The summed E-state index contributed by atoms with van der Waals surface area (Å²) < 4.78 is 5.33. The van der Waals surface area contributed by atoms with Gasteiger partial charge in [0, 0.05) is 20.0 Å². The first-order chi connectivity index (χ1) is 9.95. The van der Waals surface area contributed by atoms with Crippen LogP contribution in [-0.2, 0) is 5.41 Å². The molecule has 1 atom stereocenters. The van der Waals surface area contributed by atoms with Gasteiger partial charge in [-0.05, 0) is 36.6 Å². The Morgan fingerprint density at radius 2 is 2.00 bits per heavy atom. The highest BCUT2D eigenvalue weighted by Crippen LogP contribution is 2.37. The van der Waals surface area contributed by atoms with Crippen molar-refractivity contribution in [3.8, 4) is 5.75 Å². The summed E-state index contributed by atoms with van der Waals surface area (Å²) in [7, 11) is 1.73. The van der Waals surface area contributed by atoms with Crippen LogP contribution in [0.15, 0.2) is 23.6 Å². The lowest BCUT2D eigenvalue weighted by molar-refractivity contribution is 0.416. The van der Waals surface area contributed by atoms with Crippen LogP contribution >= 0.6 is 22.7 Å². The molecule has 0 aliphatic heterocycles. The Hall–Kier alpha value is -0.840. The third-order valence-corrected chi connectivity index (χ3v) is 5.92. The third-order valence-electron chi connectivity index (χ3n) is 3.36. The number of rotatable bonds is 6. The van der Waals surface area contributed by atoms with Crippen molar-refractivity contribution >= 4 is 22.7 Å². The highest BCUT2D eigenvalue weighted by atomic mass is 32.1. The number of hydrogen-bond donors (Lipinski definition) is 1. The summed E-state index contributed by atoms with van der Waals surface area (Å²) in [5.41, 5.74) is 0.214. The number of ether oxygens (including phenoxy) is 1. The van der Waals surface area contributed by atoms with Crippen LogP contribution < -0.4 is 10.1 Å². The van der Waals surface area contributed by atoms with Gasteiger partial charge >= 0.3 is 0 Å². The second kappa shape index (κ2) is 6.95. The topological polar surface area (TPSA) is 21.3 Å². The van der Waals surface area contributed by atoms with Crippen LogP contribution in [0.5, 0.6) is 5.75 Å². The molecular weight excluding hydrogens is 298 g/mol. The highest BCUT2D eigenvalue weighted by molar-refractivity contribution is 7.13. The van der Waals surface area contributed by atoms with Crippen molar-refractivity contribution in [1.82, 2.24) is 5.32 Å². The predicted molar refractivity (Wildman–Crippen MR) is 94.0 cm³/mol. The second-order valence-electron chi connectivity index (χ2n) is 6.23. The molecule has 0 spiro atoms. The van der Waals surface area contributed by atoms with E-state index in [9.17, 15) is 0 Å². The van der Waals surface area contributed by atoms with E-state index in [2.05, 4.69) is 56.6 Å². The Morgan fingerprint density at radius 3 is 2.52 bits per heavy atom. The summed E-state index contributed by atoms with van der Waals surface area (Å²) in [5.74, 6) is 0.950. The van der Waals surface area contributed by atoms with Crippen LogP contribution in [0.4, 0.5) is 0 Å². The molecule has 0 aliphatic rings. The Morgan fingerprint density at radius 1 is 1.24 bits per heavy atom. The van der Waals surface area contributed by atoms with Crippen molar-refractivity contribution in [2.24, 2.45) is 0 Å². The van der Waals surface area contributed by atoms with Gasteiger partial charge in [-0.25, -0.2) is 0 Å². The number of hydrogen-bond acceptors (Lipinski definition) is 4. The SMILES string of the molecule is CCCNC(c1cc(OC)cs1)c1ccc(C(C)(C)C)s1. The minimum Gasteiger partial charge on any atom is -0.496 e. The molecule has 4 heteroatoms. The zero-order chi connectivity index (χ0) is 15.5. The molecule has 2 rings (SSSR count). The molecule has 2 aromatic rings. The Balaban J connectivity index is 2.29. The minimum atomic E-state index is 0.214. The number of nitrogens with one attached hydrogen (secondary N) is 1. The molecule has 0 aromatic carbocycles. The molecule has 0 fully saturated rings. The zero-order valence-corrected chi connectivity index (χ0v) is 15.2. The first-order valence-corrected chi connectivity index (χ1v) is 9.11. The lowest BCUT2D eigenvalue weighted by atomic mass is 9.95. The number of thiophene rings is 2. The fourth-order valence-electron chi connectivity index (χ4n) is 2.13. The molecule has 2 nitrogen and oxygen atoms in total. The molecule has 2 aromatic heterocycles. The largest absolute Gasteiger partial charge is 0.496 e. The second-order valence-corrected chi connectivity index (χ2v) is 8.29. The minimum absolute atomic E-state index is 0.214. The quantitative estimate of drug-likeness (QED) is 0.788. The van der Waals surface area contributed by atoms with Crippen molar-refractivity contribution in [3.05, 3.63) is 38.2 Å². The van der Waals surface area contributed by atoms with Crippen molar-refractivity contribution in [1.29, 1.82) is 0 Å². The normalized spacial score (nSPS) is 13.4. The molecule has 0 radical (unpaired) electrons. The van der Waals surface area contributed by atoms with E-state index in [-0.39, 0.29) is 11.5 Å². The smallest absolute Gasteiger partial charge is 0.129 e. The maximum absolute atomic E-state index is 5.33. The molecule has 21 heavy (non-hydrogen) atoms. The van der Waals surface area contributed by atoms with Crippen LogP contribution in [0.25, 0.3) is 0 Å². The first-order valence-electron chi connectivity index (χ1n) is 7.41. The summed E-state index contributed by atoms with van der Waals surface area (Å²) in [4.78, 5) is 4.14. The molecule has 2 heterocycles. The Kier molecular flexibility index (Phi) is 5.47. The van der Waals surface area contributed by atoms with Gasteiger partial charge in [0.15, 0.2) is 0 Å². The highest BCUT2D eigenvalue weighted by Gasteiger charge is 2.21. The molecule has 1 unspecified atom stereocenters. The van der Waals surface area contributed by atoms with Crippen LogP contribution in [0.1, 0.15) is 54.8 Å². The van der Waals surface area contributed by atoms with Crippen molar-refractivity contribution < 1.29 is 4.74 Å². The Bertz CT molecular complexity index is 565. The van der Waals surface area contributed by atoms with E-state index in [1.165, 1.54) is 14.6 Å². The van der Waals surface area contributed by atoms with Gasteiger partial charge in [0.1, 0.15) is 5.75 Å². The van der Waals surface area contributed by atoms with Crippen molar-refractivity contribution in [2.75, 3.05) is 13.7 Å². The Labute approximate surface area is 136 Å². The zero-order valence-electron chi connectivity index (χ0n) is 13.5. The van der Waals surface area contributed by atoms with Crippen LogP contribution in [0.3, 0.4) is 0 Å². The van der Waals surface area contributed by atoms with E-state index in [1.807, 2.05) is 11.3 Å². The average molecular weight is 324 g/mol. The van der Waals surface area contributed by atoms with Crippen LogP contribution in [0, 0.1) is 0 Å². The lowest BCUT2D eigenvalue weighted by Gasteiger charge is -2.17. The molecule has 0 saturated carbocycles. The standard InChI is InChI=1S/C17H25NOS2/c1-6-9-18-16(14-10-12(19-5)11-20-14)13-7-8-15(21-13)17(2,3)4/h7-8,10-11,16,18H,6,9H2,1-5H3. The molecule has 0 bridgehead atoms.